The van der Waals surface area contributed by atoms with Crippen LogP contribution in [0, 0.1) is 5.92 Å². The van der Waals surface area contributed by atoms with Gasteiger partial charge in [-0.3, -0.25) is 4.79 Å². The zero-order valence-corrected chi connectivity index (χ0v) is 10.6. The standard InChI is InChI=1S/C10H14BrN3O2/c1-14-10(16)9(11)7(4-13-14)12-5-8(15)6-2-3-6/h4,6,8,12,15H,2-3,5H2,1H3. The molecule has 1 aromatic rings. The van der Waals surface area contributed by atoms with E-state index in [0.717, 1.165) is 12.8 Å². The van der Waals surface area contributed by atoms with Crippen molar-refractivity contribution in [3.8, 4) is 0 Å². The van der Waals surface area contributed by atoms with E-state index in [0.29, 0.717) is 22.6 Å². The summed E-state index contributed by atoms with van der Waals surface area (Å²) in [6.45, 7) is 0.456. The highest BCUT2D eigenvalue weighted by Gasteiger charge is 2.29. The summed E-state index contributed by atoms with van der Waals surface area (Å²) >= 11 is 3.22. The molecule has 0 saturated heterocycles. The predicted octanol–water partition coefficient (Wildman–Crippen LogP) is 0.726. The average Bonchev–Trinajstić information content (AvgIpc) is 3.08. The number of aryl methyl sites for hydroxylation is 1. The molecule has 88 valence electrons. The summed E-state index contributed by atoms with van der Waals surface area (Å²) in [6, 6.07) is 0. The summed E-state index contributed by atoms with van der Waals surface area (Å²) in [5.41, 5.74) is 0.439. The van der Waals surface area contributed by atoms with Crippen molar-refractivity contribution in [2.75, 3.05) is 11.9 Å². The molecule has 1 unspecified atom stereocenters. The molecule has 1 aromatic heterocycles. The fraction of sp³-hybridized carbons (Fsp3) is 0.600. The predicted molar refractivity (Wildman–Crippen MR) is 64.4 cm³/mol. The Morgan fingerprint density at radius 3 is 3.06 bits per heavy atom. The van der Waals surface area contributed by atoms with E-state index in [1.165, 1.54) is 4.68 Å². The molecule has 1 aliphatic rings. The van der Waals surface area contributed by atoms with E-state index in [1.54, 1.807) is 13.2 Å². The van der Waals surface area contributed by atoms with Crippen LogP contribution in [0.3, 0.4) is 0 Å². The summed E-state index contributed by atoms with van der Waals surface area (Å²) in [7, 11) is 1.59. The SMILES string of the molecule is Cn1ncc(NCC(O)C2CC2)c(Br)c1=O. The molecule has 0 amide bonds. The van der Waals surface area contributed by atoms with Crippen molar-refractivity contribution in [1.29, 1.82) is 0 Å². The molecule has 5 nitrogen and oxygen atoms in total. The maximum absolute atomic E-state index is 11.5. The number of aliphatic hydroxyl groups excluding tert-OH is 1. The van der Waals surface area contributed by atoms with Gasteiger partial charge in [0.15, 0.2) is 0 Å². The third-order valence-corrected chi connectivity index (χ3v) is 3.51. The first kappa shape index (κ1) is 11.6. The quantitative estimate of drug-likeness (QED) is 0.857. The number of anilines is 1. The van der Waals surface area contributed by atoms with Gasteiger partial charge >= 0.3 is 0 Å². The van der Waals surface area contributed by atoms with Crippen LogP contribution in [0.4, 0.5) is 5.69 Å². The highest BCUT2D eigenvalue weighted by molar-refractivity contribution is 9.10. The molecule has 0 bridgehead atoms. The van der Waals surface area contributed by atoms with Gasteiger partial charge in [0, 0.05) is 13.6 Å². The first-order chi connectivity index (χ1) is 7.59. The summed E-state index contributed by atoms with van der Waals surface area (Å²) < 4.78 is 1.71. The van der Waals surface area contributed by atoms with Crippen LogP contribution in [-0.2, 0) is 7.05 Å². The minimum Gasteiger partial charge on any atom is -0.391 e. The topological polar surface area (TPSA) is 67.2 Å². The second-order valence-electron chi connectivity index (χ2n) is 4.09. The van der Waals surface area contributed by atoms with E-state index < -0.39 is 0 Å². The van der Waals surface area contributed by atoms with Crippen LogP contribution in [0.2, 0.25) is 0 Å². The number of hydrogen-bond donors (Lipinski definition) is 2. The van der Waals surface area contributed by atoms with Crippen LogP contribution >= 0.6 is 15.9 Å². The van der Waals surface area contributed by atoms with Crippen molar-refractivity contribution in [3.05, 3.63) is 21.0 Å². The van der Waals surface area contributed by atoms with Gasteiger partial charge < -0.3 is 10.4 Å². The first-order valence-electron chi connectivity index (χ1n) is 5.23. The van der Waals surface area contributed by atoms with Gasteiger partial charge in [-0.2, -0.15) is 5.10 Å². The number of hydrogen-bond acceptors (Lipinski definition) is 4. The Balaban J connectivity index is 2.03. The molecule has 1 heterocycles. The number of aliphatic hydroxyl groups is 1. The molecule has 1 aliphatic carbocycles. The molecule has 1 atom stereocenters. The van der Waals surface area contributed by atoms with Gasteiger partial charge in [0.1, 0.15) is 4.47 Å². The molecule has 0 radical (unpaired) electrons. The number of rotatable bonds is 4. The smallest absolute Gasteiger partial charge is 0.282 e. The first-order valence-corrected chi connectivity index (χ1v) is 6.02. The molecular weight excluding hydrogens is 274 g/mol. The minimum absolute atomic E-state index is 0.189. The molecule has 1 fully saturated rings. The third kappa shape index (κ3) is 2.44. The van der Waals surface area contributed by atoms with Crippen molar-refractivity contribution >= 4 is 21.6 Å². The summed E-state index contributed by atoms with van der Waals surface area (Å²) in [4.78, 5) is 11.5. The Morgan fingerprint density at radius 1 is 1.75 bits per heavy atom. The Bertz CT molecular complexity index is 442. The normalized spacial score (nSPS) is 17.2. The van der Waals surface area contributed by atoms with E-state index >= 15 is 0 Å². The lowest BCUT2D eigenvalue weighted by molar-refractivity contribution is 0.164. The van der Waals surface area contributed by atoms with Crippen LogP contribution in [-0.4, -0.2) is 27.5 Å². The molecule has 0 aliphatic heterocycles. The van der Waals surface area contributed by atoms with E-state index in [4.69, 9.17) is 0 Å². The summed E-state index contributed by atoms with van der Waals surface area (Å²) in [5, 5.41) is 16.6. The molecule has 2 rings (SSSR count). The molecule has 16 heavy (non-hydrogen) atoms. The number of nitrogens with zero attached hydrogens (tertiary/aromatic N) is 2. The van der Waals surface area contributed by atoms with Crippen LogP contribution in [0.1, 0.15) is 12.8 Å². The Labute approximate surface area is 102 Å². The Hall–Kier alpha value is -0.880. The minimum atomic E-state index is -0.337. The lowest BCUT2D eigenvalue weighted by Gasteiger charge is -2.12. The highest BCUT2D eigenvalue weighted by atomic mass is 79.9. The lowest BCUT2D eigenvalue weighted by Crippen LogP contribution is -2.25. The molecule has 2 N–H and O–H groups in total. The number of nitrogens with one attached hydrogen (secondary N) is 1. The van der Waals surface area contributed by atoms with Gasteiger partial charge in [0.05, 0.1) is 18.0 Å². The summed E-state index contributed by atoms with van der Waals surface area (Å²) in [6.07, 6.45) is 3.43. The van der Waals surface area contributed by atoms with Gasteiger partial charge in [0.2, 0.25) is 0 Å². The lowest BCUT2D eigenvalue weighted by atomic mass is 10.2. The number of aromatic nitrogens is 2. The molecule has 6 heteroatoms. The Kier molecular flexibility index (Phi) is 3.30. The van der Waals surface area contributed by atoms with Gasteiger partial charge in [-0.1, -0.05) is 0 Å². The maximum Gasteiger partial charge on any atom is 0.282 e. The molecule has 0 aromatic carbocycles. The van der Waals surface area contributed by atoms with Crippen molar-refractivity contribution in [2.24, 2.45) is 13.0 Å². The fourth-order valence-electron chi connectivity index (χ4n) is 1.50. The molecule has 1 saturated carbocycles. The highest BCUT2D eigenvalue weighted by Crippen LogP contribution is 2.32. The van der Waals surface area contributed by atoms with Crippen molar-refractivity contribution in [3.63, 3.8) is 0 Å². The van der Waals surface area contributed by atoms with Gasteiger partial charge in [0.25, 0.3) is 5.56 Å². The van der Waals surface area contributed by atoms with Crippen LogP contribution in [0.25, 0.3) is 0 Å². The third-order valence-electron chi connectivity index (χ3n) is 2.75. The van der Waals surface area contributed by atoms with E-state index in [-0.39, 0.29) is 11.7 Å². The van der Waals surface area contributed by atoms with E-state index in [9.17, 15) is 9.90 Å². The molecule has 0 spiro atoms. The van der Waals surface area contributed by atoms with E-state index in [2.05, 4.69) is 26.3 Å². The Morgan fingerprint density at radius 2 is 2.44 bits per heavy atom. The van der Waals surface area contributed by atoms with Crippen LogP contribution in [0.15, 0.2) is 15.5 Å². The fourth-order valence-corrected chi connectivity index (χ4v) is 2.00. The van der Waals surface area contributed by atoms with Gasteiger partial charge in [-0.25, -0.2) is 4.68 Å². The van der Waals surface area contributed by atoms with Crippen molar-refractivity contribution in [1.82, 2.24) is 9.78 Å². The summed E-state index contributed by atoms with van der Waals surface area (Å²) in [5.74, 6) is 0.422. The van der Waals surface area contributed by atoms with Crippen molar-refractivity contribution < 1.29 is 5.11 Å². The van der Waals surface area contributed by atoms with Gasteiger partial charge in [-0.05, 0) is 34.7 Å². The zero-order chi connectivity index (χ0) is 11.7. The second kappa shape index (κ2) is 4.55. The maximum atomic E-state index is 11.5. The number of halogens is 1. The second-order valence-corrected chi connectivity index (χ2v) is 4.88. The molecular formula is C10H14BrN3O2. The van der Waals surface area contributed by atoms with E-state index in [1.807, 2.05) is 0 Å². The van der Waals surface area contributed by atoms with Crippen LogP contribution < -0.4 is 10.9 Å². The largest absolute Gasteiger partial charge is 0.391 e. The van der Waals surface area contributed by atoms with Crippen molar-refractivity contribution in [2.45, 2.75) is 18.9 Å². The van der Waals surface area contributed by atoms with Gasteiger partial charge in [-0.15, -0.1) is 0 Å². The average molecular weight is 288 g/mol. The van der Waals surface area contributed by atoms with Crippen LogP contribution in [0.5, 0.6) is 0 Å². The zero-order valence-electron chi connectivity index (χ0n) is 8.98. The monoisotopic (exact) mass is 287 g/mol.